The Morgan fingerprint density at radius 1 is 1.30 bits per heavy atom. The standard InChI is InChI=1S/C17H21ClN4O/c1-3-10(2)19-17-21-13(11-4-5-11)9-16(22-17)20-14-8-12(18)6-7-15(14)23/h6-11,23H,3-5H2,1-2H3,(H2,19,20,21,22)/t10-/m0/s1. The van der Waals surface area contributed by atoms with E-state index in [1.54, 1.807) is 18.2 Å². The van der Waals surface area contributed by atoms with Gasteiger partial charge < -0.3 is 15.7 Å². The van der Waals surface area contributed by atoms with Gasteiger partial charge in [-0.05, 0) is 44.4 Å². The third kappa shape index (κ3) is 4.05. The van der Waals surface area contributed by atoms with Crippen molar-refractivity contribution < 1.29 is 5.11 Å². The van der Waals surface area contributed by atoms with Crippen LogP contribution in [0.2, 0.25) is 5.02 Å². The summed E-state index contributed by atoms with van der Waals surface area (Å²) in [6.07, 6.45) is 3.33. The number of phenols is 1. The van der Waals surface area contributed by atoms with Gasteiger partial charge in [0.1, 0.15) is 11.6 Å². The molecule has 5 nitrogen and oxygen atoms in total. The molecule has 1 saturated carbocycles. The normalized spacial score (nSPS) is 15.3. The quantitative estimate of drug-likeness (QED) is 0.671. The van der Waals surface area contributed by atoms with Gasteiger partial charge in [-0.2, -0.15) is 4.98 Å². The molecular formula is C17H21ClN4O. The van der Waals surface area contributed by atoms with Gasteiger partial charge in [-0.1, -0.05) is 18.5 Å². The van der Waals surface area contributed by atoms with E-state index in [-0.39, 0.29) is 5.75 Å². The van der Waals surface area contributed by atoms with Gasteiger partial charge in [-0.25, -0.2) is 4.98 Å². The lowest BCUT2D eigenvalue weighted by molar-refractivity contribution is 0.477. The summed E-state index contributed by atoms with van der Waals surface area (Å²) in [6, 6.07) is 7.13. The number of rotatable bonds is 6. The summed E-state index contributed by atoms with van der Waals surface area (Å²) < 4.78 is 0. The zero-order valence-corrected chi connectivity index (χ0v) is 14.1. The highest BCUT2D eigenvalue weighted by molar-refractivity contribution is 6.30. The number of hydrogen-bond acceptors (Lipinski definition) is 5. The number of nitrogens with zero attached hydrogens (tertiary/aromatic N) is 2. The van der Waals surface area contributed by atoms with Gasteiger partial charge in [-0.3, -0.25) is 0 Å². The Hall–Kier alpha value is -2.01. The number of anilines is 3. The van der Waals surface area contributed by atoms with Gasteiger partial charge in [0.15, 0.2) is 0 Å². The molecule has 0 spiro atoms. The minimum absolute atomic E-state index is 0.136. The Balaban J connectivity index is 1.89. The topological polar surface area (TPSA) is 70.1 Å². The molecule has 23 heavy (non-hydrogen) atoms. The van der Waals surface area contributed by atoms with E-state index in [4.69, 9.17) is 11.6 Å². The van der Waals surface area contributed by atoms with Crippen molar-refractivity contribution in [1.29, 1.82) is 0 Å². The van der Waals surface area contributed by atoms with E-state index in [2.05, 4.69) is 34.4 Å². The van der Waals surface area contributed by atoms with Crippen LogP contribution in [0.4, 0.5) is 17.5 Å². The maximum Gasteiger partial charge on any atom is 0.225 e. The largest absolute Gasteiger partial charge is 0.506 e. The van der Waals surface area contributed by atoms with Gasteiger partial charge >= 0.3 is 0 Å². The Labute approximate surface area is 141 Å². The molecule has 1 aliphatic rings. The number of aromatic nitrogens is 2. The van der Waals surface area contributed by atoms with Crippen LogP contribution in [0.15, 0.2) is 24.3 Å². The number of benzene rings is 1. The molecule has 3 rings (SSSR count). The van der Waals surface area contributed by atoms with Crippen LogP contribution in [0, 0.1) is 0 Å². The predicted molar refractivity (Wildman–Crippen MR) is 93.8 cm³/mol. The maximum atomic E-state index is 9.96. The summed E-state index contributed by atoms with van der Waals surface area (Å²) in [6.45, 7) is 4.22. The van der Waals surface area contributed by atoms with Crippen LogP contribution in [0.25, 0.3) is 0 Å². The van der Waals surface area contributed by atoms with Crippen LogP contribution in [-0.4, -0.2) is 21.1 Å². The number of aromatic hydroxyl groups is 1. The summed E-state index contributed by atoms with van der Waals surface area (Å²) in [5.41, 5.74) is 1.57. The van der Waals surface area contributed by atoms with Crippen LogP contribution < -0.4 is 10.6 Å². The molecule has 0 amide bonds. The molecule has 3 N–H and O–H groups in total. The van der Waals surface area contributed by atoms with Crippen molar-refractivity contribution in [2.24, 2.45) is 0 Å². The van der Waals surface area contributed by atoms with E-state index in [1.807, 2.05) is 6.07 Å². The van der Waals surface area contributed by atoms with Crippen LogP contribution in [-0.2, 0) is 0 Å². The first-order valence-electron chi connectivity index (χ1n) is 7.96. The molecule has 122 valence electrons. The second-order valence-electron chi connectivity index (χ2n) is 6.02. The third-order valence-corrected chi connectivity index (χ3v) is 4.19. The van der Waals surface area contributed by atoms with Gasteiger partial charge in [0, 0.05) is 23.0 Å². The first kappa shape index (κ1) is 15.9. The van der Waals surface area contributed by atoms with Crippen molar-refractivity contribution in [3.05, 3.63) is 35.0 Å². The molecule has 6 heteroatoms. The Bertz CT molecular complexity index is 703. The summed E-state index contributed by atoms with van der Waals surface area (Å²) in [4.78, 5) is 9.12. The van der Waals surface area contributed by atoms with E-state index < -0.39 is 0 Å². The van der Waals surface area contributed by atoms with Crippen LogP contribution in [0.5, 0.6) is 5.75 Å². The highest BCUT2D eigenvalue weighted by Gasteiger charge is 2.26. The Morgan fingerprint density at radius 3 is 2.78 bits per heavy atom. The molecule has 1 atom stereocenters. The first-order valence-corrected chi connectivity index (χ1v) is 8.34. The molecule has 1 aromatic carbocycles. The maximum absolute atomic E-state index is 9.96. The summed E-state index contributed by atoms with van der Waals surface area (Å²) >= 11 is 6.00. The lowest BCUT2D eigenvalue weighted by Gasteiger charge is -2.15. The van der Waals surface area contributed by atoms with Crippen molar-refractivity contribution in [2.45, 2.75) is 45.1 Å². The first-order chi connectivity index (χ1) is 11.0. The molecule has 2 aromatic rings. The SMILES string of the molecule is CC[C@H](C)Nc1nc(Nc2cc(Cl)ccc2O)cc(C2CC2)n1. The van der Waals surface area contributed by atoms with E-state index in [0.717, 1.165) is 12.1 Å². The summed E-state index contributed by atoms with van der Waals surface area (Å²) in [5.74, 6) is 1.93. The predicted octanol–water partition coefficient (Wildman–Crippen LogP) is 4.67. The molecule has 0 unspecified atom stereocenters. The van der Waals surface area contributed by atoms with E-state index in [9.17, 15) is 5.11 Å². The van der Waals surface area contributed by atoms with Crippen LogP contribution in [0.3, 0.4) is 0 Å². The summed E-state index contributed by atoms with van der Waals surface area (Å²) in [7, 11) is 0. The zero-order chi connectivity index (χ0) is 16.4. The molecule has 0 saturated heterocycles. The highest BCUT2D eigenvalue weighted by Crippen LogP contribution is 2.40. The lowest BCUT2D eigenvalue weighted by Crippen LogP contribution is -2.16. The fourth-order valence-corrected chi connectivity index (χ4v) is 2.42. The molecule has 1 heterocycles. The monoisotopic (exact) mass is 332 g/mol. The van der Waals surface area contributed by atoms with Crippen molar-refractivity contribution in [1.82, 2.24) is 9.97 Å². The Morgan fingerprint density at radius 2 is 2.09 bits per heavy atom. The van der Waals surface area contributed by atoms with Crippen molar-refractivity contribution in [2.75, 3.05) is 10.6 Å². The Kier molecular flexibility index (Phi) is 4.57. The average molecular weight is 333 g/mol. The smallest absolute Gasteiger partial charge is 0.225 e. The number of phenolic OH excluding ortho intramolecular Hbond substituents is 1. The molecule has 0 aliphatic heterocycles. The molecule has 0 bridgehead atoms. The van der Waals surface area contributed by atoms with E-state index in [1.165, 1.54) is 12.8 Å². The minimum atomic E-state index is 0.136. The number of nitrogens with one attached hydrogen (secondary N) is 2. The number of hydrogen-bond donors (Lipinski definition) is 3. The lowest BCUT2D eigenvalue weighted by atomic mass is 10.2. The highest BCUT2D eigenvalue weighted by atomic mass is 35.5. The molecule has 0 radical (unpaired) electrons. The molecule has 1 aromatic heterocycles. The summed E-state index contributed by atoms with van der Waals surface area (Å²) in [5, 5.41) is 17.0. The zero-order valence-electron chi connectivity index (χ0n) is 13.3. The molecule has 1 aliphatic carbocycles. The van der Waals surface area contributed by atoms with Crippen LogP contribution >= 0.6 is 11.6 Å². The van der Waals surface area contributed by atoms with Crippen molar-refractivity contribution in [3.63, 3.8) is 0 Å². The third-order valence-electron chi connectivity index (χ3n) is 3.95. The van der Waals surface area contributed by atoms with Crippen LogP contribution in [0.1, 0.15) is 44.7 Å². The van der Waals surface area contributed by atoms with Gasteiger partial charge in [-0.15, -0.1) is 0 Å². The second-order valence-corrected chi connectivity index (χ2v) is 6.45. The van der Waals surface area contributed by atoms with E-state index in [0.29, 0.717) is 34.4 Å². The van der Waals surface area contributed by atoms with Gasteiger partial charge in [0.2, 0.25) is 5.95 Å². The van der Waals surface area contributed by atoms with Gasteiger partial charge in [0.25, 0.3) is 0 Å². The van der Waals surface area contributed by atoms with Gasteiger partial charge in [0.05, 0.1) is 11.4 Å². The van der Waals surface area contributed by atoms with Crippen molar-refractivity contribution in [3.8, 4) is 5.75 Å². The average Bonchev–Trinajstić information content (AvgIpc) is 3.35. The second kappa shape index (κ2) is 6.62. The minimum Gasteiger partial charge on any atom is -0.506 e. The fraction of sp³-hybridized carbons (Fsp3) is 0.412. The van der Waals surface area contributed by atoms with Crippen molar-refractivity contribution >= 4 is 29.1 Å². The molecule has 1 fully saturated rings. The fourth-order valence-electron chi connectivity index (χ4n) is 2.25. The number of halogens is 1. The van der Waals surface area contributed by atoms with E-state index >= 15 is 0 Å². The molecular weight excluding hydrogens is 312 g/mol.